The van der Waals surface area contributed by atoms with Gasteiger partial charge >= 0.3 is 6.03 Å². The topological polar surface area (TPSA) is 79.0 Å². The number of carbonyl (C=O) groups excluding carboxylic acids is 1. The van der Waals surface area contributed by atoms with Crippen molar-refractivity contribution >= 4 is 17.6 Å². The van der Waals surface area contributed by atoms with Crippen molar-refractivity contribution in [3.8, 4) is 11.1 Å². The average molecular weight is 500 g/mol. The SMILES string of the molecule is COCCCC[C@@](O)(c1ccccc1-c1cccc(Cl)c1)[C@@H]1CCCN(C(=O)N2CC[C@H](N)C2)C1. The first-order valence-corrected chi connectivity index (χ1v) is 13.2. The molecule has 2 aliphatic rings. The molecule has 2 amide bonds. The van der Waals surface area contributed by atoms with Gasteiger partial charge in [0, 0.05) is 56.9 Å². The fourth-order valence-corrected chi connectivity index (χ4v) is 5.86. The largest absolute Gasteiger partial charge is 0.385 e. The number of likely N-dealkylation sites (tertiary alicyclic amines) is 2. The van der Waals surface area contributed by atoms with Crippen LogP contribution in [0.25, 0.3) is 11.1 Å². The van der Waals surface area contributed by atoms with Gasteiger partial charge in [-0.25, -0.2) is 4.79 Å². The lowest BCUT2D eigenvalue weighted by molar-refractivity contribution is -0.0571. The summed E-state index contributed by atoms with van der Waals surface area (Å²) < 4.78 is 5.26. The number of halogens is 1. The summed E-state index contributed by atoms with van der Waals surface area (Å²) in [7, 11) is 1.70. The van der Waals surface area contributed by atoms with Crippen LogP contribution in [0.4, 0.5) is 4.79 Å². The van der Waals surface area contributed by atoms with E-state index in [1.165, 1.54) is 0 Å². The molecule has 0 saturated carbocycles. The van der Waals surface area contributed by atoms with Crippen LogP contribution >= 0.6 is 11.6 Å². The van der Waals surface area contributed by atoms with Gasteiger partial charge in [-0.1, -0.05) is 48.0 Å². The van der Waals surface area contributed by atoms with Gasteiger partial charge in [0.15, 0.2) is 0 Å². The molecule has 35 heavy (non-hydrogen) atoms. The van der Waals surface area contributed by atoms with E-state index in [2.05, 4.69) is 6.07 Å². The van der Waals surface area contributed by atoms with E-state index in [-0.39, 0.29) is 18.0 Å². The number of aliphatic hydroxyl groups is 1. The first-order chi connectivity index (χ1) is 16.9. The van der Waals surface area contributed by atoms with Crippen molar-refractivity contribution < 1.29 is 14.6 Å². The minimum Gasteiger partial charge on any atom is -0.385 e. The smallest absolute Gasteiger partial charge is 0.320 e. The van der Waals surface area contributed by atoms with Crippen molar-refractivity contribution in [3.05, 3.63) is 59.1 Å². The number of carbonyl (C=O) groups is 1. The van der Waals surface area contributed by atoms with Gasteiger partial charge in [-0.2, -0.15) is 0 Å². The van der Waals surface area contributed by atoms with Gasteiger partial charge in [-0.15, -0.1) is 0 Å². The summed E-state index contributed by atoms with van der Waals surface area (Å²) in [5, 5.41) is 13.1. The molecule has 2 fully saturated rings. The quantitative estimate of drug-likeness (QED) is 0.507. The Balaban J connectivity index is 1.65. The third-order valence-corrected chi connectivity index (χ3v) is 7.78. The first kappa shape index (κ1) is 26.0. The summed E-state index contributed by atoms with van der Waals surface area (Å²) >= 11 is 6.32. The van der Waals surface area contributed by atoms with Crippen LogP contribution in [0, 0.1) is 5.92 Å². The first-order valence-electron chi connectivity index (χ1n) is 12.8. The number of unbranched alkanes of at least 4 members (excludes halogenated alkanes) is 1. The summed E-state index contributed by atoms with van der Waals surface area (Å²) in [6.07, 6.45) is 4.90. The molecule has 2 aromatic rings. The monoisotopic (exact) mass is 499 g/mol. The Kier molecular flexibility index (Phi) is 8.71. The zero-order chi connectivity index (χ0) is 24.8. The van der Waals surface area contributed by atoms with E-state index in [9.17, 15) is 9.90 Å². The molecule has 2 aromatic carbocycles. The summed E-state index contributed by atoms with van der Waals surface area (Å²) in [4.78, 5) is 17.1. The number of amides is 2. The van der Waals surface area contributed by atoms with Crippen LogP contribution in [0.3, 0.4) is 0 Å². The predicted molar refractivity (Wildman–Crippen MR) is 140 cm³/mol. The van der Waals surface area contributed by atoms with E-state index in [1.807, 2.05) is 52.3 Å². The fraction of sp³-hybridized carbons (Fsp3) is 0.536. The van der Waals surface area contributed by atoms with Crippen LogP contribution in [0.5, 0.6) is 0 Å². The zero-order valence-electron chi connectivity index (χ0n) is 20.7. The molecule has 2 aliphatic heterocycles. The van der Waals surface area contributed by atoms with E-state index in [1.54, 1.807) is 7.11 Å². The van der Waals surface area contributed by atoms with Crippen LogP contribution in [0.15, 0.2) is 48.5 Å². The van der Waals surface area contributed by atoms with Crippen LogP contribution in [-0.2, 0) is 10.3 Å². The third-order valence-electron chi connectivity index (χ3n) is 7.55. The molecule has 0 unspecified atom stereocenters. The van der Waals surface area contributed by atoms with Crippen LogP contribution in [-0.4, -0.2) is 66.9 Å². The van der Waals surface area contributed by atoms with Crippen LogP contribution < -0.4 is 5.73 Å². The Morgan fingerprint density at radius 3 is 2.66 bits per heavy atom. The van der Waals surface area contributed by atoms with Crippen molar-refractivity contribution in [1.82, 2.24) is 9.80 Å². The van der Waals surface area contributed by atoms with E-state index in [4.69, 9.17) is 22.1 Å². The van der Waals surface area contributed by atoms with Crippen molar-refractivity contribution in [2.24, 2.45) is 11.7 Å². The lowest BCUT2D eigenvalue weighted by Crippen LogP contribution is -2.51. The van der Waals surface area contributed by atoms with E-state index < -0.39 is 5.60 Å². The van der Waals surface area contributed by atoms with Gasteiger partial charge < -0.3 is 25.4 Å². The Hall–Kier alpha value is -2.12. The molecule has 0 bridgehead atoms. The number of rotatable bonds is 8. The summed E-state index contributed by atoms with van der Waals surface area (Å²) in [6.45, 7) is 3.24. The highest BCUT2D eigenvalue weighted by Crippen LogP contribution is 2.44. The molecule has 0 aliphatic carbocycles. The maximum Gasteiger partial charge on any atom is 0.320 e. The Labute approximate surface area is 214 Å². The number of nitrogens with zero attached hydrogens (tertiary/aromatic N) is 2. The number of urea groups is 1. The van der Waals surface area contributed by atoms with Crippen molar-refractivity contribution in [2.45, 2.75) is 50.2 Å². The highest BCUT2D eigenvalue weighted by Gasteiger charge is 2.43. The van der Waals surface area contributed by atoms with Gasteiger partial charge in [0.2, 0.25) is 0 Å². The third kappa shape index (κ3) is 6.00. The Morgan fingerprint density at radius 1 is 1.11 bits per heavy atom. The zero-order valence-corrected chi connectivity index (χ0v) is 21.4. The number of methoxy groups -OCH3 is 1. The molecule has 0 radical (unpaired) electrons. The molecule has 3 atom stereocenters. The van der Waals surface area contributed by atoms with E-state index >= 15 is 0 Å². The predicted octanol–water partition coefficient (Wildman–Crippen LogP) is 4.88. The van der Waals surface area contributed by atoms with Crippen molar-refractivity contribution in [2.75, 3.05) is 39.9 Å². The van der Waals surface area contributed by atoms with Crippen molar-refractivity contribution in [1.29, 1.82) is 0 Å². The molecule has 4 rings (SSSR count). The molecule has 3 N–H and O–H groups in total. The van der Waals surface area contributed by atoms with Crippen LogP contribution in [0.1, 0.15) is 44.1 Å². The molecule has 7 heteroatoms. The van der Waals surface area contributed by atoms with Gasteiger partial charge in [0.05, 0.1) is 5.60 Å². The number of hydrogen-bond donors (Lipinski definition) is 2. The molecule has 0 spiro atoms. The molecular formula is C28H38ClN3O3. The highest BCUT2D eigenvalue weighted by molar-refractivity contribution is 6.30. The maximum absolute atomic E-state index is 13.3. The second kappa shape index (κ2) is 11.7. The maximum atomic E-state index is 13.3. The highest BCUT2D eigenvalue weighted by atomic mass is 35.5. The normalized spacial score (nSPS) is 22.3. The Bertz CT molecular complexity index is 1000. The van der Waals surface area contributed by atoms with E-state index in [0.29, 0.717) is 37.7 Å². The number of hydrogen-bond acceptors (Lipinski definition) is 4. The van der Waals surface area contributed by atoms with Gasteiger partial charge in [0.1, 0.15) is 0 Å². The molecule has 2 saturated heterocycles. The number of ether oxygens (including phenoxy) is 1. The van der Waals surface area contributed by atoms with Gasteiger partial charge in [-0.05, 0) is 67.3 Å². The fourth-order valence-electron chi connectivity index (χ4n) is 5.67. The molecule has 190 valence electrons. The summed E-state index contributed by atoms with van der Waals surface area (Å²) in [5.74, 6) is -0.0700. The lowest BCUT2D eigenvalue weighted by atomic mass is 9.72. The van der Waals surface area contributed by atoms with Crippen molar-refractivity contribution in [3.63, 3.8) is 0 Å². The van der Waals surface area contributed by atoms with Gasteiger partial charge in [0.25, 0.3) is 0 Å². The molecule has 2 heterocycles. The molecule has 6 nitrogen and oxygen atoms in total. The second-order valence-corrected chi connectivity index (χ2v) is 10.4. The number of nitrogens with two attached hydrogens (primary N) is 1. The van der Waals surface area contributed by atoms with Crippen LogP contribution in [0.2, 0.25) is 5.02 Å². The standard InChI is InChI=1S/C28H38ClN3O3/c1-35-17-5-4-14-28(34,26-12-3-2-11-25(26)21-8-6-10-23(29)18-21)22-9-7-15-31(19-22)27(33)32-16-13-24(30)20-32/h2-3,6,8,10-12,18,22,24,34H,4-5,7,9,13-17,19-20,30H2,1H3/t22-,24+,28+/m1/s1. The summed E-state index contributed by atoms with van der Waals surface area (Å²) in [6, 6.07) is 16.0. The average Bonchev–Trinajstić information content (AvgIpc) is 3.32. The summed E-state index contributed by atoms with van der Waals surface area (Å²) in [5.41, 5.74) is 7.85. The lowest BCUT2D eigenvalue weighted by Gasteiger charge is -2.44. The molecular weight excluding hydrogens is 462 g/mol. The van der Waals surface area contributed by atoms with Gasteiger partial charge in [-0.3, -0.25) is 0 Å². The minimum absolute atomic E-state index is 0.0486. The van der Waals surface area contributed by atoms with E-state index in [0.717, 1.165) is 55.3 Å². The molecule has 0 aromatic heterocycles. The number of piperidine rings is 1. The minimum atomic E-state index is -1.08. The number of benzene rings is 2. The second-order valence-electron chi connectivity index (χ2n) is 9.99. The Morgan fingerprint density at radius 2 is 1.91 bits per heavy atom.